The summed E-state index contributed by atoms with van der Waals surface area (Å²) in [6, 6.07) is 13.0. The molecule has 1 aromatic heterocycles. The van der Waals surface area contributed by atoms with Gasteiger partial charge in [-0.25, -0.2) is 13.2 Å². The molecule has 0 aliphatic carbocycles. The minimum Gasteiger partial charge on any atom is -0.450 e. The summed E-state index contributed by atoms with van der Waals surface area (Å²) in [5, 5.41) is -0.0520. The summed E-state index contributed by atoms with van der Waals surface area (Å²) in [5.41, 5.74) is -0.348. The molecule has 1 unspecified atom stereocenters. The van der Waals surface area contributed by atoms with Gasteiger partial charge in [0, 0.05) is 11.3 Å². The van der Waals surface area contributed by atoms with Gasteiger partial charge in [0.2, 0.25) is 5.76 Å². The molecule has 0 saturated carbocycles. The van der Waals surface area contributed by atoms with E-state index in [1.165, 1.54) is 41.3 Å². The van der Waals surface area contributed by atoms with Crippen molar-refractivity contribution in [3.8, 4) is 0 Å². The molecule has 5 rings (SSSR count). The number of carbonyl (C=O) groups is 1. The SMILES string of the molecule is O=C1c2oc3ccc(F)cc3c(=O)c2C(c2ccccc2F)N1c1ccc(F)cc1. The van der Waals surface area contributed by atoms with Crippen molar-refractivity contribution in [3.05, 3.63) is 111 Å². The van der Waals surface area contributed by atoms with E-state index in [4.69, 9.17) is 4.42 Å². The third kappa shape index (κ3) is 2.62. The third-order valence-corrected chi connectivity index (χ3v) is 5.14. The van der Waals surface area contributed by atoms with Crippen LogP contribution in [0.5, 0.6) is 0 Å². The van der Waals surface area contributed by atoms with Crippen LogP contribution in [0.25, 0.3) is 11.0 Å². The lowest BCUT2D eigenvalue weighted by Gasteiger charge is -2.25. The normalized spacial score (nSPS) is 15.6. The van der Waals surface area contributed by atoms with Crippen LogP contribution in [-0.2, 0) is 0 Å². The van der Waals surface area contributed by atoms with Crippen LogP contribution in [-0.4, -0.2) is 5.91 Å². The predicted octanol–water partition coefficient (Wildman–Crippen LogP) is 4.96. The summed E-state index contributed by atoms with van der Waals surface area (Å²) in [4.78, 5) is 27.7. The van der Waals surface area contributed by atoms with Crippen LogP contribution in [0.2, 0.25) is 0 Å². The molecular formula is C23H12F3NO3. The summed E-state index contributed by atoms with van der Waals surface area (Å²) >= 11 is 0. The second-order valence-corrected chi connectivity index (χ2v) is 6.89. The van der Waals surface area contributed by atoms with Gasteiger partial charge in [-0.1, -0.05) is 18.2 Å². The molecule has 0 fully saturated rings. The Balaban J connectivity index is 1.84. The molecule has 1 aliphatic heterocycles. The van der Waals surface area contributed by atoms with Crippen molar-refractivity contribution < 1.29 is 22.4 Å². The molecule has 0 bridgehead atoms. The van der Waals surface area contributed by atoms with Gasteiger partial charge in [-0.05, 0) is 48.5 Å². The maximum absolute atomic E-state index is 14.7. The van der Waals surface area contributed by atoms with E-state index in [1.54, 1.807) is 6.07 Å². The molecule has 30 heavy (non-hydrogen) atoms. The summed E-state index contributed by atoms with van der Waals surface area (Å²) in [5.74, 6) is -2.71. The summed E-state index contributed by atoms with van der Waals surface area (Å²) in [7, 11) is 0. The first-order valence-electron chi connectivity index (χ1n) is 9.05. The zero-order chi connectivity index (χ0) is 21.0. The number of rotatable bonds is 2. The fraction of sp³-hybridized carbons (Fsp3) is 0.0435. The van der Waals surface area contributed by atoms with Gasteiger partial charge in [0.05, 0.1) is 17.0 Å². The van der Waals surface area contributed by atoms with Crippen LogP contribution in [0, 0.1) is 17.5 Å². The highest BCUT2D eigenvalue weighted by atomic mass is 19.1. The van der Waals surface area contributed by atoms with Crippen molar-refractivity contribution in [2.75, 3.05) is 4.90 Å². The zero-order valence-electron chi connectivity index (χ0n) is 15.2. The Labute approximate surface area is 167 Å². The van der Waals surface area contributed by atoms with E-state index in [9.17, 15) is 22.8 Å². The van der Waals surface area contributed by atoms with Crippen LogP contribution < -0.4 is 10.3 Å². The highest BCUT2D eigenvalue weighted by Gasteiger charge is 2.44. The van der Waals surface area contributed by atoms with Crippen molar-refractivity contribution in [2.45, 2.75) is 6.04 Å². The predicted molar refractivity (Wildman–Crippen MR) is 104 cm³/mol. The molecule has 0 N–H and O–H groups in total. The van der Waals surface area contributed by atoms with Crippen molar-refractivity contribution in [1.82, 2.24) is 0 Å². The van der Waals surface area contributed by atoms with Crippen molar-refractivity contribution >= 4 is 22.6 Å². The number of benzene rings is 3. The van der Waals surface area contributed by atoms with Crippen LogP contribution in [0.15, 0.2) is 75.9 Å². The fourth-order valence-electron chi connectivity index (χ4n) is 3.80. The average Bonchev–Trinajstić information content (AvgIpc) is 3.02. The Bertz CT molecular complexity index is 1380. The lowest BCUT2D eigenvalue weighted by Crippen LogP contribution is -2.30. The molecule has 148 valence electrons. The number of carbonyl (C=O) groups excluding carboxylic acids is 1. The van der Waals surface area contributed by atoms with Crippen LogP contribution in [0.1, 0.15) is 27.7 Å². The van der Waals surface area contributed by atoms with Gasteiger partial charge in [-0.2, -0.15) is 0 Å². The molecule has 2 heterocycles. The Morgan fingerprint density at radius 2 is 1.53 bits per heavy atom. The van der Waals surface area contributed by atoms with E-state index < -0.39 is 34.8 Å². The summed E-state index contributed by atoms with van der Waals surface area (Å²) in [6.45, 7) is 0. The quantitative estimate of drug-likeness (QED) is 0.472. The molecular weight excluding hydrogens is 395 g/mol. The van der Waals surface area contributed by atoms with Gasteiger partial charge < -0.3 is 4.42 Å². The monoisotopic (exact) mass is 407 g/mol. The first-order valence-corrected chi connectivity index (χ1v) is 9.05. The smallest absolute Gasteiger partial charge is 0.295 e. The van der Waals surface area contributed by atoms with Gasteiger partial charge >= 0.3 is 0 Å². The third-order valence-electron chi connectivity index (χ3n) is 5.14. The molecule has 4 nitrogen and oxygen atoms in total. The van der Waals surface area contributed by atoms with Crippen molar-refractivity contribution in [3.63, 3.8) is 0 Å². The molecule has 1 amide bonds. The molecule has 0 radical (unpaired) electrons. The van der Waals surface area contributed by atoms with Crippen LogP contribution in [0.3, 0.4) is 0 Å². The number of anilines is 1. The lowest BCUT2D eigenvalue weighted by molar-refractivity contribution is 0.0970. The van der Waals surface area contributed by atoms with E-state index in [2.05, 4.69) is 0 Å². The molecule has 0 spiro atoms. The number of nitrogens with zero attached hydrogens (tertiary/aromatic N) is 1. The molecule has 3 aromatic carbocycles. The lowest BCUT2D eigenvalue weighted by atomic mass is 9.97. The molecule has 1 atom stereocenters. The fourth-order valence-corrected chi connectivity index (χ4v) is 3.80. The first-order chi connectivity index (χ1) is 14.5. The first kappa shape index (κ1) is 18.2. The molecule has 0 saturated heterocycles. The maximum atomic E-state index is 14.7. The van der Waals surface area contributed by atoms with Gasteiger partial charge in [-0.3, -0.25) is 14.5 Å². The Kier molecular flexibility index (Phi) is 3.99. The average molecular weight is 407 g/mol. The Morgan fingerprint density at radius 3 is 2.27 bits per heavy atom. The van der Waals surface area contributed by atoms with Crippen molar-refractivity contribution in [1.29, 1.82) is 0 Å². The zero-order valence-corrected chi connectivity index (χ0v) is 15.2. The van der Waals surface area contributed by atoms with Crippen molar-refractivity contribution in [2.24, 2.45) is 0 Å². The topological polar surface area (TPSA) is 50.5 Å². The molecule has 4 aromatic rings. The number of hydrogen-bond acceptors (Lipinski definition) is 3. The molecule has 1 aliphatic rings. The van der Waals surface area contributed by atoms with Crippen LogP contribution >= 0.6 is 0 Å². The van der Waals surface area contributed by atoms with E-state index in [0.717, 1.165) is 24.3 Å². The van der Waals surface area contributed by atoms with Gasteiger partial charge in [-0.15, -0.1) is 0 Å². The number of fused-ring (bicyclic) bond motifs is 2. The highest BCUT2D eigenvalue weighted by molar-refractivity contribution is 6.10. The summed E-state index contributed by atoms with van der Waals surface area (Å²) < 4.78 is 47.6. The molecule has 7 heteroatoms. The van der Waals surface area contributed by atoms with Gasteiger partial charge in [0.1, 0.15) is 23.0 Å². The number of hydrogen-bond donors (Lipinski definition) is 0. The summed E-state index contributed by atoms with van der Waals surface area (Å²) in [6.07, 6.45) is 0. The van der Waals surface area contributed by atoms with Crippen LogP contribution in [0.4, 0.5) is 18.9 Å². The standard InChI is InChI=1S/C23H12F3NO3/c24-12-5-8-14(9-6-12)27-20(15-3-1-2-4-17(15)26)19-21(28)16-11-13(25)7-10-18(16)30-22(19)23(27)29/h1-11,20H. The Hall–Kier alpha value is -3.87. The number of halogens is 3. The van der Waals surface area contributed by atoms with E-state index in [1.807, 2.05) is 0 Å². The van der Waals surface area contributed by atoms with Gasteiger partial charge in [0.25, 0.3) is 5.91 Å². The minimum atomic E-state index is -1.15. The second kappa shape index (κ2) is 6.59. The Morgan fingerprint density at radius 1 is 0.833 bits per heavy atom. The minimum absolute atomic E-state index is 0.0433. The second-order valence-electron chi connectivity index (χ2n) is 6.89. The number of amides is 1. The maximum Gasteiger partial charge on any atom is 0.295 e. The van der Waals surface area contributed by atoms with E-state index in [-0.39, 0.29) is 33.5 Å². The van der Waals surface area contributed by atoms with E-state index in [0.29, 0.717) is 0 Å². The largest absolute Gasteiger partial charge is 0.450 e. The van der Waals surface area contributed by atoms with Gasteiger partial charge in [0.15, 0.2) is 5.43 Å². The highest BCUT2D eigenvalue weighted by Crippen LogP contribution is 2.41. The van der Waals surface area contributed by atoms with E-state index >= 15 is 0 Å².